The second kappa shape index (κ2) is 10.2. The van der Waals surface area contributed by atoms with Crippen LogP contribution >= 0.6 is 31.9 Å². The van der Waals surface area contributed by atoms with Crippen LogP contribution in [0.2, 0.25) is 0 Å². The van der Waals surface area contributed by atoms with Crippen molar-refractivity contribution in [1.82, 2.24) is 0 Å². The standard InChI is InChI=1S/C24H21Br2NO5/c1-13(2)17-12-21(15(9-20(17)28)8-14-6-4-3-5-7-14)32-22-18(25)10-16(11-19(22)26)27-23(29)24(30)31/h3-7,9-13,28H,8H2,1-2H3,(H,27,29)(H,30,31). The molecule has 3 rings (SSSR count). The second-order valence-corrected chi connectivity index (χ2v) is 9.17. The molecule has 3 aromatic carbocycles. The molecule has 0 heterocycles. The molecule has 0 saturated carbocycles. The van der Waals surface area contributed by atoms with Gasteiger partial charge in [0.1, 0.15) is 11.5 Å². The van der Waals surface area contributed by atoms with E-state index in [1.165, 1.54) is 0 Å². The molecular formula is C24H21Br2NO5. The topological polar surface area (TPSA) is 95.9 Å². The number of nitrogens with one attached hydrogen (secondary N) is 1. The van der Waals surface area contributed by atoms with Crippen LogP contribution in [-0.4, -0.2) is 22.1 Å². The first kappa shape index (κ1) is 23.8. The SMILES string of the molecule is CC(C)c1cc(Oc2c(Br)cc(NC(=O)C(=O)O)cc2Br)c(Cc2ccccc2)cc1O. The molecule has 166 valence electrons. The molecule has 0 aliphatic heterocycles. The number of benzene rings is 3. The minimum absolute atomic E-state index is 0.0867. The summed E-state index contributed by atoms with van der Waals surface area (Å²) in [5.41, 5.74) is 2.93. The molecule has 3 N–H and O–H groups in total. The highest BCUT2D eigenvalue weighted by Gasteiger charge is 2.18. The molecule has 0 unspecified atom stereocenters. The van der Waals surface area contributed by atoms with Crippen molar-refractivity contribution in [3.05, 3.63) is 80.2 Å². The van der Waals surface area contributed by atoms with Crippen molar-refractivity contribution >= 4 is 49.4 Å². The Labute approximate surface area is 202 Å². The molecule has 0 aliphatic carbocycles. The highest BCUT2D eigenvalue weighted by Crippen LogP contribution is 2.42. The van der Waals surface area contributed by atoms with Gasteiger partial charge in [-0.25, -0.2) is 4.79 Å². The number of carboxylic acid groups (broad SMARTS) is 1. The molecule has 0 spiro atoms. The molecular weight excluding hydrogens is 542 g/mol. The zero-order valence-corrected chi connectivity index (χ0v) is 20.5. The van der Waals surface area contributed by atoms with Crippen LogP contribution in [-0.2, 0) is 16.0 Å². The summed E-state index contributed by atoms with van der Waals surface area (Å²) in [7, 11) is 0. The van der Waals surface area contributed by atoms with E-state index in [1.54, 1.807) is 18.2 Å². The van der Waals surface area contributed by atoms with Gasteiger partial charge in [0.05, 0.1) is 8.95 Å². The number of aromatic hydroxyl groups is 1. The molecule has 8 heteroatoms. The fourth-order valence-electron chi connectivity index (χ4n) is 3.16. The summed E-state index contributed by atoms with van der Waals surface area (Å²) in [5, 5.41) is 21.6. The first-order valence-corrected chi connectivity index (χ1v) is 11.3. The van der Waals surface area contributed by atoms with Gasteiger partial charge in [0.25, 0.3) is 0 Å². The summed E-state index contributed by atoms with van der Waals surface area (Å²) < 4.78 is 7.29. The molecule has 0 saturated heterocycles. The third kappa shape index (κ3) is 5.69. The number of carbonyl (C=O) groups excluding carboxylic acids is 1. The second-order valence-electron chi connectivity index (χ2n) is 7.47. The third-order valence-corrected chi connectivity index (χ3v) is 5.91. The Morgan fingerprint density at radius 3 is 2.22 bits per heavy atom. The van der Waals surface area contributed by atoms with Crippen LogP contribution in [0.5, 0.6) is 17.2 Å². The number of hydrogen-bond acceptors (Lipinski definition) is 4. The van der Waals surface area contributed by atoms with E-state index in [2.05, 4.69) is 37.2 Å². The smallest absolute Gasteiger partial charge is 0.394 e. The number of carbonyl (C=O) groups is 2. The molecule has 0 aromatic heterocycles. The number of carboxylic acids is 1. The molecule has 32 heavy (non-hydrogen) atoms. The zero-order valence-electron chi connectivity index (χ0n) is 17.4. The lowest BCUT2D eigenvalue weighted by molar-refractivity contribution is -0.147. The molecule has 1 amide bonds. The van der Waals surface area contributed by atoms with E-state index < -0.39 is 11.9 Å². The Kier molecular flexibility index (Phi) is 7.58. The van der Waals surface area contributed by atoms with Crippen molar-refractivity contribution in [1.29, 1.82) is 0 Å². The van der Waals surface area contributed by atoms with Gasteiger partial charge in [-0.1, -0.05) is 44.2 Å². The van der Waals surface area contributed by atoms with Gasteiger partial charge >= 0.3 is 11.9 Å². The summed E-state index contributed by atoms with van der Waals surface area (Å²) in [6.45, 7) is 3.98. The Morgan fingerprint density at radius 1 is 1.03 bits per heavy atom. The molecule has 0 bridgehead atoms. The summed E-state index contributed by atoms with van der Waals surface area (Å²) in [6, 6.07) is 16.5. The number of ether oxygens (including phenoxy) is 1. The number of hydrogen-bond donors (Lipinski definition) is 3. The molecule has 0 fully saturated rings. The Balaban J connectivity index is 2.00. The van der Waals surface area contributed by atoms with Gasteiger partial charge in [0, 0.05) is 23.2 Å². The third-order valence-electron chi connectivity index (χ3n) is 4.73. The number of amides is 1. The average Bonchev–Trinajstić information content (AvgIpc) is 2.72. The minimum atomic E-state index is -1.58. The maximum atomic E-state index is 11.5. The van der Waals surface area contributed by atoms with Crippen LogP contribution in [0.1, 0.15) is 36.5 Å². The largest absolute Gasteiger partial charge is 0.508 e. The lowest BCUT2D eigenvalue weighted by atomic mass is 9.96. The predicted octanol–water partition coefficient (Wildman–Crippen LogP) is 6.45. The van der Waals surface area contributed by atoms with Crippen LogP contribution in [0, 0.1) is 0 Å². The molecule has 0 atom stereocenters. The molecule has 3 aromatic rings. The van der Waals surface area contributed by atoms with Crippen molar-refractivity contribution in [2.24, 2.45) is 0 Å². The highest BCUT2D eigenvalue weighted by molar-refractivity contribution is 9.11. The zero-order chi connectivity index (χ0) is 23.4. The van der Waals surface area contributed by atoms with E-state index in [-0.39, 0.29) is 11.7 Å². The number of halogens is 2. The average molecular weight is 563 g/mol. The number of phenolic OH excluding ortho intramolecular Hbond substituents is 1. The van der Waals surface area contributed by atoms with Crippen LogP contribution in [0.4, 0.5) is 5.69 Å². The minimum Gasteiger partial charge on any atom is -0.508 e. The van der Waals surface area contributed by atoms with Gasteiger partial charge in [0.15, 0.2) is 5.75 Å². The monoisotopic (exact) mass is 561 g/mol. The Morgan fingerprint density at radius 2 is 1.66 bits per heavy atom. The van der Waals surface area contributed by atoms with Crippen molar-refractivity contribution < 1.29 is 24.5 Å². The van der Waals surface area contributed by atoms with Gasteiger partial charge in [-0.2, -0.15) is 0 Å². The van der Waals surface area contributed by atoms with Crippen LogP contribution in [0.25, 0.3) is 0 Å². The van der Waals surface area contributed by atoms with E-state index in [9.17, 15) is 14.7 Å². The quantitative estimate of drug-likeness (QED) is 0.300. The predicted molar refractivity (Wildman–Crippen MR) is 130 cm³/mol. The number of rotatable bonds is 6. The lowest BCUT2D eigenvalue weighted by Gasteiger charge is -2.18. The lowest BCUT2D eigenvalue weighted by Crippen LogP contribution is -2.21. The first-order chi connectivity index (χ1) is 15.2. The summed E-state index contributed by atoms with van der Waals surface area (Å²) in [6.07, 6.45) is 0.560. The number of aliphatic carboxylic acids is 1. The molecule has 6 nitrogen and oxygen atoms in total. The fraction of sp³-hybridized carbons (Fsp3) is 0.167. The van der Waals surface area contributed by atoms with E-state index in [1.807, 2.05) is 50.2 Å². The van der Waals surface area contributed by atoms with Gasteiger partial charge in [-0.05, 0) is 67.6 Å². The van der Waals surface area contributed by atoms with E-state index in [0.717, 1.165) is 16.7 Å². The van der Waals surface area contributed by atoms with Crippen molar-refractivity contribution in [2.45, 2.75) is 26.2 Å². The summed E-state index contributed by atoms with van der Waals surface area (Å²) >= 11 is 6.87. The van der Waals surface area contributed by atoms with Gasteiger partial charge < -0.3 is 20.3 Å². The molecule has 0 aliphatic rings. The van der Waals surface area contributed by atoms with Gasteiger partial charge in [-0.15, -0.1) is 0 Å². The van der Waals surface area contributed by atoms with E-state index in [0.29, 0.717) is 32.6 Å². The maximum absolute atomic E-state index is 11.5. The Bertz CT molecular complexity index is 1140. The van der Waals surface area contributed by atoms with Gasteiger partial charge in [0.2, 0.25) is 0 Å². The van der Waals surface area contributed by atoms with Crippen molar-refractivity contribution in [2.75, 3.05) is 5.32 Å². The van der Waals surface area contributed by atoms with E-state index in [4.69, 9.17) is 9.84 Å². The van der Waals surface area contributed by atoms with Crippen molar-refractivity contribution in [3.8, 4) is 17.2 Å². The van der Waals surface area contributed by atoms with Crippen LogP contribution < -0.4 is 10.1 Å². The van der Waals surface area contributed by atoms with Crippen LogP contribution in [0.15, 0.2) is 63.5 Å². The van der Waals surface area contributed by atoms with E-state index >= 15 is 0 Å². The molecule has 0 radical (unpaired) electrons. The highest BCUT2D eigenvalue weighted by atomic mass is 79.9. The van der Waals surface area contributed by atoms with Crippen LogP contribution in [0.3, 0.4) is 0 Å². The first-order valence-electron chi connectivity index (χ1n) is 9.76. The summed E-state index contributed by atoms with van der Waals surface area (Å²) in [5.74, 6) is -1.38. The number of phenols is 1. The Hall–Kier alpha value is -2.84. The van der Waals surface area contributed by atoms with Gasteiger partial charge in [-0.3, -0.25) is 4.79 Å². The van der Waals surface area contributed by atoms with Crippen molar-refractivity contribution in [3.63, 3.8) is 0 Å². The fourth-order valence-corrected chi connectivity index (χ4v) is 4.51. The summed E-state index contributed by atoms with van der Waals surface area (Å²) in [4.78, 5) is 22.3. The maximum Gasteiger partial charge on any atom is 0.394 e. The normalized spacial score (nSPS) is 10.8. The number of anilines is 1.